The number of nitrogen functional groups attached to an aromatic ring is 1. The maximum atomic E-state index is 5.60. The topological polar surface area (TPSA) is 58.3 Å². The molecule has 1 aromatic carbocycles. The van der Waals surface area contributed by atoms with Crippen molar-refractivity contribution in [2.45, 2.75) is 0 Å². The van der Waals surface area contributed by atoms with Gasteiger partial charge in [-0.15, -0.1) is 0 Å². The number of hydrogen-bond acceptors (Lipinski definition) is 5. The lowest BCUT2D eigenvalue weighted by molar-refractivity contribution is 0.640. The fourth-order valence-corrected chi connectivity index (χ4v) is 2.30. The van der Waals surface area contributed by atoms with Gasteiger partial charge in [0.1, 0.15) is 0 Å². The second kappa shape index (κ2) is 5.14. The normalized spacial score (nSPS) is 15.6. The number of benzene rings is 1. The zero-order valence-electron chi connectivity index (χ0n) is 10.7. The third kappa shape index (κ3) is 2.59. The van der Waals surface area contributed by atoms with Crippen LogP contribution in [0.25, 0.3) is 0 Å². The highest BCUT2D eigenvalue weighted by atomic mass is 15.3. The molecule has 19 heavy (non-hydrogen) atoms. The molecule has 1 aromatic heterocycles. The van der Waals surface area contributed by atoms with E-state index in [1.165, 1.54) is 5.69 Å². The molecule has 3 rings (SSSR count). The highest BCUT2D eigenvalue weighted by Crippen LogP contribution is 2.17. The van der Waals surface area contributed by atoms with E-state index in [1.54, 1.807) is 12.4 Å². The van der Waals surface area contributed by atoms with Gasteiger partial charge >= 0.3 is 0 Å². The van der Waals surface area contributed by atoms with Crippen LogP contribution in [-0.2, 0) is 0 Å². The van der Waals surface area contributed by atoms with Crippen molar-refractivity contribution in [2.24, 2.45) is 0 Å². The summed E-state index contributed by atoms with van der Waals surface area (Å²) in [7, 11) is 0. The molecule has 5 nitrogen and oxygen atoms in total. The van der Waals surface area contributed by atoms with E-state index in [9.17, 15) is 0 Å². The van der Waals surface area contributed by atoms with Gasteiger partial charge in [-0.05, 0) is 12.1 Å². The second-order valence-electron chi connectivity index (χ2n) is 4.63. The minimum Gasteiger partial charge on any atom is -0.396 e. The first-order chi connectivity index (χ1) is 9.33. The van der Waals surface area contributed by atoms with Crippen LogP contribution < -0.4 is 15.5 Å². The second-order valence-corrected chi connectivity index (χ2v) is 4.63. The molecule has 2 heterocycles. The molecular formula is C14H17N5. The largest absolute Gasteiger partial charge is 0.396 e. The number of hydrogen-bond donors (Lipinski definition) is 1. The number of para-hydroxylation sites is 1. The lowest BCUT2D eigenvalue weighted by Crippen LogP contribution is -2.47. The van der Waals surface area contributed by atoms with E-state index in [-0.39, 0.29) is 0 Å². The van der Waals surface area contributed by atoms with Crippen LogP contribution in [0.2, 0.25) is 0 Å². The molecular weight excluding hydrogens is 238 g/mol. The minimum absolute atomic E-state index is 0.603. The Balaban J connectivity index is 1.65. The Morgan fingerprint density at radius 1 is 0.842 bits per heavy atom. The first kappa shape index (κ1) is 11.8. The summed E-state index contributed by atoms with van der Waals surface area (Å²) in [5, 5.41) is 0. The van der Waals surface area contributed by atoms with Gasteiger partial charge in [-0.2, -0.15) is 0 Å². The van der Waals surface area contributed by atoms with Crippen LogP contribution in [0.1, 0.15) is 0 Å². The lowest BCUT2D eigenvalue weighted by Gasteiger charge is -2.36. The molecule has 1 aliphatic heterocycles. The van der Waals surface area contributed by atoms with Crippen molar-refractivity contribution in [3.63, 3.8) is 0 Å². The van der Waals surface area contributed by atoms with Crippen LogP contribution in [0, 0.1) is 0 Å². The summed E-state index contributed by atoms with van der Waals surface area (Å²) in [6.45, 7) is 3.83. The summed E-state index contributed by atoms with van der Waals surface area (Å²) < 4.78 is 0. The SMILES string of the molecule is Nc1cnc(N2CCN(c3ccccc3)CC2)nc1. The van der Waals surface area contributed by atoms with E-state index in [0.717, 1.165) is 32.1 Å². The van der Waals surface area contributed by atoms with Gasteiger partial charge in [-0.3, -0.25) is 0 Å². The Kier molecular flexibility index (Phi) is 3.18. The summed E-state index contributed by atoms with van der Waals surface area (Å²) in [5.74, 6) is 0.766. The Hall–Kier alpha value is -2.30. The van der Waals surface area contributed by atoms with Crippen LogP contribution in [-0.4, -0.2) is 36.1 Å². The summed E-state index contributed by atoms with van der Waals surface area (Å²) in [4.78, 5) is 13.1. The molecule has 0 aliphatic carbocycles. The van der Waals surface area contributed by atoms with E-state index in [0.29, 0.717) is 5.69 Å². The number of anilines is 3. The smallest absolute Gasteiger partial charge is 0.225 e. The van der Waals surface area contributed by atoms with E-state index in [1.807, 2.05) is 6.07 Å². The van der Waals surface area contributed by atoms with Crippen molar-refractivity contribution in [2.75, 3.05) is 41.7 Å². The van der Waals surface area contributed by atoms with E-state index in [4.69, 9.17) is 5.73 Å². The van der Waals surface area contributed by atoms with Crippen molar-refractivity contribution in [1.29, 1.82) is 0 Å². The number of aromatic nitrogens is 2. The van der Waals surface area contributed by atoms with Crippen molar-refractivity contribution < 1.29 is 0 Å². The highest BCUT2D eigenvalue weighted by molar-refractivity contribution is 5.48. The Bertz CT molecular complexity index is 517. The Labute approximate surface area is 112 Å². The molecule has 0 spiro atoms. The molecule has 1 fully saturated rings. The molecule has 5 heteroatoms. The summed E-state index contributed by atoms with van der Waals surface area (Å²) >= 11 is 0. The molecule has 0 amide bonds. The molecule has 0 bridgehead atoms. The Morgan fingerprint density at radius 3 is 2.05 bits per heavy atom. The van der Waals surface area contributed by atoms with Gasteiger partial charge in [0.2, 0.25) is 5.95 Å². The number of piperazine rings is 1. The minimum atomic E-state index is 0.603. The zero-order chi connectivity index (χ0) is 13.1. The van der Waals surface area contributed by atoms with E-state index < -0.39 is 0 Å². The number of nitrogens with zero attached hydrogens (tertiary/aromatic N) is 4. The summed E-state index contributed by atoms with van der Waals surface area (Å²) in [6, 6.07) is 10.5. The van der Waals surface area contributed by atoms with Crippen molar-refractivity contribution in [3.8, 4) is 0 Å². The number of nitrogens with two attached hydrogens (primary N) is 1. The fraction of sp³-hybridized carbons (Fsp3) is 0.286. The van der Waals surface area contributed by atoms with Gasteiger partial charge in [0.15, 0.2) is 0 Å². The zero-order valence-corrected chi connectivity index (χ0v) is 10.7. The summed E-state index contributed by atoms with van der Waals surface area (Å²) in [5.41, 5.74) is 7.48. The van der Waals surface area contributed by atoms with Gasteiger partial charge in [0.05, 0.1) is 18.1 Å². The first-order valence-corrected chi connectivity index (χ1v) is 6.45. The molecule has 0 saturated carbocycles. The van der Waals surface area contributed by atoms with Crippen LogP contribution in [0.3, 0.4) is 0 Å². The van der Waals surface area contributed by atoms with Crippen molar-refractivity contribution in [3.05, 3.63) is 42.7 Å². The maximum absolute atomic E-state index is 5.60. The molecule has 0 unspecified atom stereocenters. The predicted octanol–water partition coefficient (Wildman–Crippen LogP) is 1.39. The van der Waals surface area contributed by atoms with Gasteiger partial charge < -0.3 is 15.5 Å². The predicted molar refractivity (Wildman–Crippen MR) is 77.3 cm³/mol. The maximum Gasteiger partial charge on any atom is 0.225 e. The van der Waals surface area contributed by atoms with Gasteiger partial charge in [-0.25, -0.2) is 9.97 Å². The number of rotatable bonds is 2. The van der Waals surface area contributed by atoms with Crippen LogP contribution in [0.4, 0.5) is 17.3 Å². The Morgan fingerprint density at radius 2 is 1.42 bits per heavy atom. The lowest BCUT2D eigenvalue weighted by atomic mass is 10.2. The standard InChI is InChI=1S/C14H17N5/c15-12-10-16-14(17-11-12)19-8-6-18(7-9-19)13-4-2-1-3-5-13/h1-5,10-11H,6-9,15H2. The monoisotopic (exact) mass is 255 g/mol. The van der Waals surface area contributed by atoms with Gasteiger partial charge in [0, 0.05) is 31.9 Å². The van der Waals surface area contributed by atoms with Gasteiger partial charge in [0.25, 0.3) is 0 Å². The third-order valence-electron chi connectivity index (χ3n) is 3.34. The van der Waals surface area contributed by atoms with Gasteiger partial charge in [-0.1, -0.05) is 18.2 Å². The van der Waals surface area contributed by atoms with Crippen LogP contribution in [0.5, 0.6) is 0 Å². The average Bonchev–Trinajstić information content (AvgIpc) is 2.49. The molecule has 2 aromatic rings. The highest BCUT2D eigenvalue weighted by Gasteiger charge is 2.18. The van der Waals surface area contributed by atoms with Crippen LogP contribution in [0.15, 0.2) is 42.7 Å². The fourth-order valence-electron chi connectivity index (χ4n) is 2.30. The van der Waals surface area contributed by atoms with E-state index >= 15 is 0 Å². The third-order valence-corrected chi connectivity index (χ3v) is 3.34. The molecule has 98 valence electrons. The van der Waals surface area contributed by atoms with Crippen molar-refractivity contribution >= 4 is 17.3 Å². The summed E-state index contributed by atoms with van der Waals surface area (Å²) in [6.07, 6.45) is 3.32. The molecule has 1 aliphatic rings. The molecule has 0 atom stereocenters. The molecule has 0 radical (unpaired) electrons. The van der Waals surface area contributed by atoms with Crippen molar-refractivity contribution in [1.82, 2.24) is 9.97 Å². The average molecular weight is 255 g/mol. The van der Waals surface area contributed by atoms with Crippen LogP contribution >= 0.6 is 0 Å². The van der Waals surface area contributed by atoms with E-state index in [2.05, 4.69) is 44.0 Å². The quantitative estimate of drug-likeness (QED) is 0.878. The first-order valence-electron chi connectivity index (χ1n) is 6.45. The molecule has 2 N–H and O–H groups in total. The molecule has 1 saturated heterocycles.